The van der Waals surface area contributed by atoms with E-state index < -0.39 is 0 Å². The Morgan fingerprint density at radius 2 is 2.25 bits per heavy atom. The molecule has 4 rings (SSSR count). The van der Waals surface area contributed by atoms with Gasteiger partial charge in [-0.05, 0) is 17.7 Å². The van der Waals surface area contributed by atoms with Crippen molar-refractivity contribution in [2.75, 3.05) is 6.54 Å². The maximum absolute atomic E-state index is 12.6. The molecular formula is C18H19N3O3. The van der Waals surface area contributed by atoms with E-state index in [9.17, 15) is 9.59 Å². The molecule has 1 aromatic carbocycles. The van der Waals surface area contributed by atoms with Crippen LogP contribution in [-0.4, -0.2) is 28.1 Å². The minimum Gasteiger partial charge on any atom is -0.488 e. The highest BCUT2D eigenvalue weighted by molar-refractivity contribution is 6.05. The first-order chi connectivity index (χ1) is 11.6. The molecule has 2 N–H and O–H groups in total. The molecule has 0 saturated carbocycles. The van der Waals surface area contributed by atoms with E-state index >= 15 is 0 Å². The summed E-state index contributed by atoms with van der Waals surface area (Å²) in [5.41, 5.74) is 1.92. The fraction of sp³-hybridized carbons (Fsp3) is 0.222. The molecule has 3 aromatic rings. The molecule has 6 nitrogen and oxygen atoms in total. The van der Waals surface area contributed by atoms with Crippen LogP contribution >= 0.6 is 0 Å². The van der Waals surface area contributed by atoms with E-state index in [-0.39, 0.29) is 19.0 Å². The van der Waals surface area contributed by atoms with Crippen molar-refractivity contribution in [3.05, 3.63) is 64.2 Å². The van der Waals surface area contributed by atoms with Crippen LogP contribution in [0.3, 0.4) is 0 Å². The Bertz CT molecular complexity index is 968. The lowest BCUT2D eigenvalue weighted by Crippen LogP contribution is -2.35. The van der Waals surface area contributed by atoms with Crippen molar-refractivity contribution >= 4 is 16.8 Å². The van der Waals surface area contributed by atoms with Crippen molar-refractivity contribution < 1.29 is 11.0 Å². The number of para-hydroxylation sites is 1. The molecule has 6 heteroatoms. The van der Waals surface area contributed by atoms with Crippen LogP contribution in [0.4, 0.5) is 0 Å². The van der Waals surface area contributed by atoms with Crippen LogP contribution < -0.4 is 15.6 Å². The number of aryl methyl sites for hydroxylation is 1. The average molecular weight is 325 g/mol. The number of rotatable bonds is 3. The first kappa shape index (κ1) is 14.6. The van der Waals surface area contributed by atoms with E-state index in [0.29, 0.717) is 23.0 Å². The van der Waals surface area contributed by atoms with Crippen LogP contribution in [0.2, 0.25) is 0 Å². The fourth-order valence-electron chi connectivity index (χ4n) is 3.12. The summed E-state index contributed by atoms with van der Waals surface area (Å²) in [7, 11) is 1.64. The minimum atomic E-state index is -0.213. The fourth-order valence-corrected chi connectivity index (χ4v) is 3.12. The molecule has 3 heterocycles. The highest BCUT2D eigenvalue weighted by atomic mass is 16.5. The van der Waals surface area contributed by atoms with Crippen molar-refractivity contribution in [3.8, 4) is 5.75 Å². The zero-order valence-corrected chi connectivity index (χ0v) is 13.2. The van der Waals surface area contributed by atoms with Gasteiger partial charge in [-0.2, -0.15) is 0 Å². The molecule has 1 aliphatic rings. The van der Waals surface area contributed by atoms with Gasteiger partial charge in [0.05, 0.1) is 12.1 Å². The van der Waals surface area contributed by atoms with Crippen molar-refractivity contribution in [3.63, 3.8) is 0 Å². The van der Waals surface area contributed by atoms with Gasteiger partial charge in [-0.1, -0.05) is 18.2 Å². The van der Waals surface area contributed by atoms with Crippen molar-refractivity contribution in [2.24, 2.45) is 7.05 Å². The van der Waals surface area contributed by atoms with Gasteiger partial charge < -0.3 is 19.6 Å². The smallest absolute Gasteiger partial charge is 0.274 e. The van der Waals surface area contributed by atoms with Crippen LogP contribution in [0.15, 0.2) is 47.5 Å². The number of fused-ring (bicyclic) bond motifs is 2. The number of nitrogens with zero attached hydrogens (tertiary/aromatic N) is 1. The van der Waals surface area contributed by atoms with Crippen LogP contribution in [0.25, 0.3) is 10.9 Å². The van der Waals surface area contributed by atoms with Crippen molar-refractivity contribution in [1.29, 1.82) is 0 Å². The highest BCUT2D eigenvalue weighted by Crippen LogP contribution is 2.27. The number of hydrogen-bond acceptors (Lipinski definition) is 3. The van der Waals surface area contributed by atoms with Crippen LogP contribution in [0.5, 0.6) is 5.75 Å². The van der Waals surface area contributed by atoms with E-state index in [1.54, 1.807) is 25.5 Å². The topological polar surface area (TPSA) is 76.1 Å². The predicted octanol–water partition coefficient (Wildman–Crippen LogP) is 1.85. The van der Waals surface area contributed by atoms with Crippen LogP contribution in [0.1, 0.15) is 17.3 Å². The number of H-pyrrole nitrogens is 1. The number of amides is 1. The Kier molecular flexibility index (Phi) is 3.37. The Balaban J connectivity index is 0.00000182. The van der Waals surface area contributed by atoms with Gasteiger partial charge in [0, 0.05) is 32.7 Å². The van der Waals surface area contributed by atoms with Crippen LogP contribution in [0, 0.1) is 0 Å². The molecule has 2 aromatic heterocycles. The molecule has 1 unspecified atom stereocenters. The number of aromatic nitrogens is 2. The number of pyridine rings is 1. The van der Waals surface area contributed by atoms with Gasteiger partial charge in [0.2, 0.25) is 0 Å². The van der Waals surface area contributed by atoms with E-state index in [1.807, 2.05) is 24.3 Å². The summed E-state index contributed by atoms with van der Waals surface area (Å²) in [6, 6.07) is 9.64. The predicted molar refractivity (Wildman–Crippen MR) is 92.5 cm³/mol. The second-order valence-corrected chi connectivity index (χ2v) is 5.99. The minimum absolute atomic E-state index is 0. The summed E-state index contributed by atoms with van der Waals surface area (Å²) >= 11 is 0. The number of benzene rings is 1. The van der Waals surface area contributed by atoms with E-state index in [4.69, 9.17) is 4.74 Å². The van der Waals surface area contributed by atoms with E-state index in [2.05, 4.69) is 10.3 Å². The van der Waals surface area contributed by atoms with Crippen molar-refractivity contribution in [2.45, 2.75) is 12.5 Å². The van der Waals surface area contributed by atoms with Gasteiger partial charge in [-0.15, -0.1) is 0 Å². The molecule has 0 fully saturated rings. The van der Waals surface area contributed by atoms with Gasteiger partial charge in [0.25, 0.3) is 11.5 Å². The number of ether oxygens (including phenoxy) is 1. The lowest BCUT2D eigenvalue weighted by Gasteiger charge is -2.13. The van der Waals surface area contributed by atoms with Gasteiger partial charge in [-0.25, -0.2) is 0 Å². The molecule has 1 aliphatic heterocycles. The van der Waals surface area contributed by atoms with Gasteiger partial charge in [0.1, 0.15) is 17.4 Å². The first-order valence-corrected chi connectivity index (χ1v) is 7.83. The largest absolute Gasteiger partial charge is 0.488 e. The third kappa shape index (κ3) is 2.36. The molecular weight excluding hydrogens is 306 g/mol. The van der Waals surface area contributed by atoms with Crippen LogP contribution in [-0.2, 0) is 13.5 Å². The Labute approximate surface area is 139 Å². The molecule has 1 atom stereocenters. The number of carbonyl (C=O) groups excluding carboxylic acids is 1. The second-order valence-electron chi connectivity index (χ2n) is 5.99. The van der Waals surface area contributed by atoms with Gasteiger partial charge in [-0.3, -0.25) is 9.59 Å². The molecule has 0 aliphatic carbocycles. The summed E-state index contributed by atoms with van der Waals surface area (Å²) in [4.78, 5) is 27.5. The number of carbonyl (C=O) groups is 1. The van der Waals surface area contributed by atoms with Gasteiger partial charge >= 0.3 is 0 Å². The molecule has 124 valence electrons. The number of nitrogens with one attached hydrogen (secondary N) is 2. The molecule has 0 bridgehead atoms. The maximum atomic E-state index is 12.6. The Morgan fingerprint density at radius 1 is 1.42 bits per heavy atom. The molecule has 0 spiro atoms. The standard InChI is InChI=1S/C18H17N3O3.H2/c1-21-10-14(13-6-7-19-16(13)18(21)23)17(22)20-9-12-8-11-4-2-3-5-15(11)24-12;/h2-7,10,12,19H,8-9H2,1H3,(H,20,22);1H. The highest BCUT2D eigenvalue weighted by Gasteiger charge is 2.23. The molecule has 24 heavy (non-hydrogen) atoms. The van der Waals surface area contributed by atoms with Crippen molar-refractivity contribution in [1.82, 2.24) is 14.9 Å². The zero-order chi connectivity index (χ0) is 16.7. The SMILES string of the molecule is Cn1cc(C(=O)NCC2Cc3ccccc3O2)c2cc[nH]c2c1=O.[HH]. The molecule has 1 amide bonds. The number of hydrogen-bond donors (Lipinski definition) is 2. The first-order valence-electron chi connectivity index (χ1n) is 7.83. The molecule has 0 saturated heterocycles. The quantitative estimate of drug-likeness (QED) is 0.771. The average Bonchev–Trinajstić information content (AvgIpc) is 3.22. The maximum Gasteiger partial charge on any atom is 0.274 e. The van der Waals surface area contributed by atoms with Gasteiger partial charge in [0.15, 0.2) is 0 Å². The normalized spacial score (nSPS) is 16.0. The lowest BCUT2D eigenvalue weighted by molar-refractivity contribution is 0.0934. The third-order valence-corrected chi connectivity index (χ3v) is 4.34. The second kappa shape index (κ2) is 5.56. The Hall–Kier alpha value is -3.02. The monoisotopic (exact) mass is 325 g/mol. The van der Waals surface area contributed by atoms with E-state index in [1.165, 1.54) is 4.57 Å². The van der Waals surface area contributed by atoms with E-state index in [0.717, 1.165) is 17.7 Å². The Morgan fingerprint density at radius 3 is 3.08 bits per heavy atom. The number of aromatic amines is 1. The zero-order valence-electron chi connectivity index (χ0n) is 13.2. The summed E-state index contributed by atoms with van der Waals surface area (Å²) in [5, 5.41) is 3.54. The summed E-state index contributed by atoms with van der Waals surface area (Å²) in [5.74, 6) is 0.668. The summed E-state index contributed by atoms with van der Waals surface area (Å²) in [6.45, 7) is 0.419. The summed E-state index contributed by atoms with van der Waals surface area (Å²) < 4.78 is 7.24. The lowest BCUT2D eigenvalue weighted by atomic mass is 10.1. The molecule has 0 radical (unpaired) electrons. The summed E-state index contributed by atoms with van der Waals surface area (Å²) in [6.07, 6.45) is 3.95. The third-order valence-electron chi connectivity index (χ3n) is 4.34.